The van der Waals surface area contributed by atoms with Gasteiger partial charge in [0.2, 0.25) is 5.91 Å². The Bertz CT molecular complexity index is 1560. The molecule has 6 nitrogen and oxygen atoms in total. The van der Waals surface area contributed by atoms with E-state index in [9.17, 15) is 9.59 Å². The van der Waals surface area contributed by atoms with Crippen LogP contribution in [0.25, 0.3) is 32.7 Å². The van der Waals surface area contributed by atoms with E-state index in [1.807, 2.05) is 18.2 Å². The Morgan fingerprint density at radius 1 is 0.778 bits per heavy atom. The molecule has 5 aromatic rings. The average Bonchev–Trinajstić information content (AvgIpc) is 2.93. The van der Waals surface area contributed by atoms with Gasteiger partial charge >= 0.3 is 0 Å². The molecule has 1 heterocycles. The summed E-state index contributed by atoms with van der Waals surface area (Å²) in [6, 6.07) is 30.7. The van der Waals surface area contributed by atoms with Crippen LogP contribution < -0.4 is 16.2 Å². The number of anilines is 1. The number of hydrogen-bond donors (Lipinski definition) is 3. The van der Waals surface area contributed by atoms with E-state index < -0.39 is 0 Å². The zero-order chi connectivity index (χ0) is 24.7. The van der Waals surface area contributed by atoms with Crippen molar-refractivity contribution in [1.29, 1.82) is 0 Å². The molecule has 0 aliphatic heterocycles. The number of hydrogen-bond acceptors (Lipinski definition) is 4. The molecule has 0 saturated heterocycles. The lowest BCUT2D eigenvalue weighted by molar-refractivity contribution is -0.121. The van der Waals surface area contributed by atoms with Crippen LogP contribution in [0, 0.1) is 0 Å². The summed E-state index contributed by atoms with van der Waals surface area (Å²) in [5.74, 6) is 0.685. The predicted octanol–water partition coefficient (Wildman–Crippen LogP) is 5.29. The van der Waals surface area contributed by atoms with Crippen LogP contribution in [0.3, 0.4) is 0 Å². The van der Waals surface area contributed by atoms with Crippen molar-refractivity contribution in [2.75, 3.05) is 18.4 Å². The second-order valence-electron chi connectivity index (χ2n) is 8.84. The molecule has 0 fully saturated rings. The number of H-pyrrole nitrogens is 1. The van der Waals surface area contributed by atoms with Crippen LogP contribution in [-0.4, -0.2) is 29.2 Å². The summed E-state index contributed by atoms with van der Waals surface area (Å²) < 4.78 is 0. The molecule has 6 heteroatoms. The fourth-order valence-corrected chi connectivity index (χ4v) is 4.35. The molecule has 0 unspecified atom stereocenters. The molecule has 3 N–H and O–H groups in total. The van der Waals surface area contributed by atoms with Crippen molar-refractivity contribution in [2.24, 2.45) is 0 Å². The van der Waals surface area contributed by atoms with Gasteiger partial charge in [-0.2, -0.15) is 5.10 Å². The van der Waals surface area contributed by atoms with Crippen LogP contribution in [0.15, 0.2) is 95.8 Å². The lowest BCUT2D eigenvalue weighted by Crippen LogP contribution is -2.26. The van der Waals surface area contributed by atoms with E-state index in [0.717, 1.165) is 17.4 Å². The van der Waals surface area contributed by atoms with Gasteiger partial charge in [-0.15, -0.1) is 0 Å². The van der Waals surface area contributed by atoms with E-state index in [4.69, 9.17) is 0 Å². The van der Waals surface area contributed by atoms with Crippen LogP contribution >= 0.6 is 0 Å². The second kappa shape index (κ2) is 10.9. The molecular weight excluding hydrogens is 448 g/mol. The number of benzene rings is 4. The third kappa shape index (κ3) is 5.44. The molecule has 1 aromatic heterocycles. The van der Waals surface area contributed by atoms with Gasteiger partial charge in [0.1, 0.15) is 0 Å². The van der Waals surface area contributed by atoms with Crippen molar-refractivity contribution in [1.82, 2.24) is 15.5 Å². The van der Waals surface area contributed by atoms with Crippen LogP contribution in [0.2, 0.25) is 0 Å². The normalized spacial score (nSPS) is 11.0. The third-order valence-corrected chi connectivity index (χ3v) is 6.34. The molecule has 4 aromatic carbocycles. The first-order valence-electron chi connectivity index (χ1n) is 12.2. The minimum atomic E-state index is -0.202. The first-order chi connectivity index (χ1) is 17.7. The molecule has 0 saturated carbocycles. The smallest absolute Gasteiger partial charge is 0.272 e. The monoisotopic (exact) mass is 476 g/mol. The van der Waals surface area contributed by atoms with Crippen molar-refractivity contribution in [3.63, 3.8) is 0 Å². The average molecular weight is 477 g/mol. The molecule has 0 spiro atoms. The highest BCUT2D eigenvalue weighted by molar-refractivity contribution is 5.90. The molecule has 0 aliphatic rings. The largest absolute Gasteiger partial charge is 0.368 e. The number of carbonyl (C=O) groups excluding carboxylic acids is 1. The van der Waals surface area contributed by atoms with Gasteiger partial charge in [0.15, 0.2) is 5.82 Å². The summed E-state index contributed by atoms with van der Waals surface area (Å²) in [4.78, 5) is 24.2. The number of aryl methyl sites for hydroxylation is 1. The number of nitrogens with one attached hydrogen (secondary N) is 3. The van der Waals surface area contributed by atoms with E-state index in [1.165, 1.54) is 21.9 Å². The number of aromatic nitrogens is 2. The predicted molar refractivity (Wildman–Crippen MR) is 146 cm³/mol. The van der Waals surface area contributed by atoms with Crippen molar-refractivity contribution in [2.45, 2.75) is 19.3 Å². The van der Waals surface area contributed by atoms with Crippen molar-refractivity contribution in [3.8, 4) is 11.1 Å². The molecule has 0 atom stereocenters. The van der Waals surface area contributed by atoms with Gasteiger partial charge in [-0.25, -0.2) is 5.10 Å². The fraction of sp³-hybridized carbons (Fsp3) is 0.167. The van der Waals surface area contributed by atoms with E-state index in [2.05, 4.69) is 87.6 Å². The number of amides is 1. The van der Waals surface area contributed by atoms with Gasteiger partial charge in [-0.05, 0) is 52.4 Å². The highest BCUT2D eigenvalue weighted by atomic mass is 16.1. The maximum absolute atomic E-state index is 12.3. The Kier molecular flexibility index (Phi) is 7.03. The zero-order valence-electron chi connectivity index (χ0n) is 20.0. The van der Waals surface area contributed by atoms with Crippen molar-refractivity contribution in [3.05, 3.63) is 107 Å². The minimum Gasteiger partial charge on any atom is -0.368 e. The Morgan fingerprint density at radius 2 is 1.50 bits per heavy atom. The number of fused-ring (bicyclic) bond motifs is 2. The number of rotatable bonds is 9. The third-order valence-electron chi connectivity index (χ3n) is 6.34. The quantitative estimate of drug-likeness (QED) is 0.252. The maximum atomic E-state index is 12.3. The molecule has 36 heavy (non-hydrogen) atoms. The van der Waals surface area contributed by atoms with Crippen LogP contribution in [0.5, 0.6) is 0 Å². The lowest BCUT2D eigenvalue weighted by Gasteiger charge is -2.09. The molecule has 0 aliphatic carbocycles. The summed E-state index contributed by atoms with van der Waals surface area (Å²) in [5.41, 5.74) is 3.31. The summed E-state index contributed by atoms with van der Waals surface area (Å²) in [6.07, 6.45) is 1.91. The first kappa shape index (κ1) is 23.3. The molecule has 5 rings (SSSR count). The highest BCUT2D eigenvalue weighted by Gasteiger charge is 2.06. The Morgan fingerprint density at radius 3 is 2.33 bits per heavy atom. The van der Waals surface area contributed by atoms with Gasteiger partial charge in [-0.3, -0.25) is 9.59 Å². The Balaban J connectivity index is 1.06. The van der Waals surface area contributed by atoms with Gasteiger partial charge in [0.25, 0.3) is 5.56 Å². The van der Waals surface area contributed by atoms with E-state index in [-0.39, 0.29) is 11.5 Å². The van der Waals surface area contributed by atoms with Crippen LogP contribution in [-0.2, 0) is 11.2 Å². The minimum absolute atomic E-state index is 0.0428. The summed E-state index contributed by atoms with van der Waals surface area (Å²) in [7, 11) is 0. The molecule has 180 valence electrons. The second-order valence-corrected chi connectivity index (χ2v) is 8.84. The number of carbonyl (C=O) groups is 1. The lowest BCUT2D eigenvalue weighted by atomic mass is 9.99. The van der Waals surface area contributed by atoms with Gasteiger partial charge in [-0.1, -0.05) is 78.9 Å². The SMILES string of the molecule is O=C(CCc1ccc(-c2ccc3ccccc3c2)cc1)NCCCNc1n[nH]c(=O)c2ccccc12. The van der Waals surface area contributed by atoms with E-state index >= 15 is 0 Å². The molecule has 1 amide bonds. The van der Waals surface area contributed by atoms with E-state index in [0.29, 0.717) is 37.1 Å². The zero-order valence-corrected chi connectivity index (χ0v) is 20.0. The van der Waals surface area contributed by atoms with Gasteiger partial charge in [0, 0.05) is 24.9 Å². The maximum Gasteiger partial charge on any atom is 0.272 e. The topological polar surface area (TPSA) is 86.9 Å². The highest BCUT2D eigenvalue weighted by Crippen LogP contribution is 2.25. The number of nitrogens with zero attached hydrogens (tertiary/aromatic N) is 1. The summed E-state index contributed by atoms with van der Waals surface area (Å²) in [6.45, 7) is 1.22. The molecular formula is C30H28N4O2. The number of aromatic amines is 1. The summed E-state index contributed by atoms with van der Waals surface area (Å²) in [5, 5.41) is 16.7. The summed E-state index contributed by atoms with van der Waals surface area (Å²) >= 11 is 0. The first-order valence-corrected chi connectivity index (χ1v) is 12.2. The van der Waals surface area contributed by atoms with Crippen molar-refractivity contribution < 1.29 is 4.79 Å². The molecule has 0 bridgehead atoms. The van der Waals surface area contributed by atoms with Crippen LogP contribution in [0.4, 0.5) is 5.82 Å². The van der Waals surface area contributed by atoms with E-state index in [1.54, 1.807) is 6.07 Å². The standard InChI is InChI=1S/C30H28N4O2/c35-28(31-18-5-19-32-29-26-8-3-4-9-27(26)30(36)34-33-29)17-12-21-10-13-23(14-11-21)25-16-15-22-6-1-2-7-24(22)20-25/h1-4,6-11,13-16,20H,5,12,17-19H2,(H,31,35)(H,32,33)(H,34,36). The fourth-order valence-electron chi connectivity index (χ4n) is 4.35. The Labute approximate surface area is 209 Å². The Hall–Kier alpha value is -4.45. The van der Waals surface area contributed by atoms with Crippen LogP contribution in [0.1, 0.15) is 18.4 Å². The van der Waals surface area contributed by atoms with Crippen molar-refractivity contribution >= 4 is 33.3 Å². The molecule has 0 radical (unpaired) electrons. The van der Waals surface area contributed by atoms with Gasteiger partial charge < -0.3 is 10.6 Å². The van der Waals surface area contributed by atoms with Gasteiger partial charge in [0.05, 0.1) is 5.39 Å².